The van der Waals surface area contributed by atoms with Crippen LogP contribution >= 0.6 is 0 Å². The largest absolute Gasteiger partial charge is 0.326 e. The number of aryl methyl sites for hydroxylation is 3. The van der Waals surface area contributed by atoms with Crippen LogP contribution in [-0.4, -0.2) is 20.4 Å². The van der Waals surface area contributed by atoms with E-state index in [1.54, 1.807) is 24.3 Å². The molecular formula is C23H30N2O3S. The van der Waals surface area contributed by atoms with E-state index in [1.165, 1.54) is 6.42 Å². The molecule has 2 aromatic rings. The number of hydrogen-bond acceptors (Lipinski definition) is 3. The quantitative estimate of drug-likeness (QED) is 0.701. The lowest BCUT2D eigenvalue weighted by Gasteiger charge is -2.22. The van der Waals surface area contributed by atoms with Gasteiger partial charge >= 0.3 is 0 Å². The van der Waals surface area contributed by atoms with E-state index in [-0.39, 0.29) is 16.8 Å². The van der Waals surface area contributed by atoms with Gasteiger partial charge in [0.25, 0.3) is 0 Å². The summed E-state index contributed by atoms with van der Waals surface area (Å²) in [5.74, 6) is -0.0503. The van der Waals surface area contributed by atoms with Gasteiger partial charge in [-0.2, -0.15) is 0 Å². The lowest BCUT2D eigenvalue weighted by Crippen LogP contribution is -2.36. The number of benzene rings is 2. The zero-order chi connectivity index (χ0) is 20.9. The molecule has 0 spiro atoms. The third-order valence-electron chi connectivity index (χ3n) is 5.31. The molecule has 0 bridgehead atoms. The summed E-state index contributed by atoms with van der Waals surface area (Å²) in [5, 5.41) is 2.93. The Morgan fingerprint density at radius 3 is 2.21 bits per heavy atom. The molecule has 0 radical (unpaired) electrons. The van der Waals surface area contributed by atoms with Crippen LogP contribution in [0.25, 0.3) is 0 Å². The van der Waals surface area contributed by atoms with Crippen LogP contribution in [0, 0.1) is 13.8 Å². The zero-order valence-corrected chi connectivity index (χ0v) is 18.0. The van der Waals surface area contributed by atoms with Gasteiger partial charge in [-0.25, -0.2) is 13.1 Å². The van der Waals surface area contributed by atoms with Crippen molar-refractivity contribution in [2.24, 2.45) is 0 Å². The summed E-state index contributed by atoms with van der Waals surface area (Å²) in [6.45, 7) is 4.00. The highest BCUT2D eigenvalue weighted by Gasteiger charge is 2.21. The lowest BCUT2D eigenvalue weighted by molar-refractivity contribution is -0.116. The van der Waals surface area contributed by atoms with E-state index < -0.39 is 10.0 Å². The molecule has 0 atom stereocenters. The Labute approximate surface area is 174 Å². The second kappa shape index (κ2) is 9.55. The molecule has 0 heterocycles. The highest BCUT2D eigenvalue weighted by molar-refractivity contribution is 7.89. The number of hydrogen-bond donors (Lipinski definition) is 2. The molecule has 2 N–H and O–H groups in total. The topological polar surface area (TPSA) is 75.3 Å². The second-order valence-electron chi connectivity index (χ2n) is 8.02. The molecule has 156 valence electrons. The molecule has 1 aliphatic carbocycles. The first-order chi connectivity index (χ1) is 13.8. The maximum atomic E-state index is 12.6. The van der Waals surface area contributed by atoms with Crippen molar-refractivity contribution in [3.05, 3.63) is 59.2 Å². The van der Waals surface area contributed by atoms with Crippen LogP contribution < -0.4 is 10.0 Å². The molecule has 5 nitrogen and oxygen atoms in total. The number of carbonyl (C=O) groups excluding carboxylic acids is 1. The van der Waals surface area contributed by atoms with Gasteiger partial charge in [0.2, 0.25) is 15.9 Å². The molecule has 0 aliphatic heterocycles. The van der Waals surface area contributed by atoms with Crippen LogP contribution in [-0.2, 0) is 21.2 Å². The average Bonchev–Trinajstić information content (AvgIpc) is 2.66. The molecule has 29 heavy (non-hydrogen) atoms. The number of anilines is 1. The molecule has 1 saturated carbocycles. The van der Waals surface area contributed by atoms with Gasteiger partial charge in [0.1, 0.15) is 0 Å². The Morgan fingerprint density at radius 2 is 1.59 bits per heavy atom. The van der Waals surface area contributed by atoms with E-state index in [2.05, 4.69) is 16.1 Å². The molecule has 0 saturated heterocycles. The van der Waals surface area contributed by atoms with Gasteiger partial charge in [0.05, 0.1) is 4.90 Å². The number of rotatable bonds is 7. The van der Waals surface area contributed by atoms with Crippen LogP contribution in [0.4, 0.5) is 5.69 Å². The summed E-state index contributed by atoms with van der Waals surface area (Å²) in [6, 6.07) is 12.8. The van der Waals surface area contributed by atoms with Crippen LogP contribution in [0.3, 0.4) is 0 Å². The number of carbonyl (C=O) groups is 1. The minimum absolute atomic E-state index is 0.0439. The lowest BCUT2D eigenvalue weighted by atomic mass is 9.96. The van der Waals surface area contributed by atoms with Crippen molar-refractivity contribution in [1.82, 2.24) is 4.72 Å². The molecule has 0 unspecified atom stereocenters. The Morgan fingerprint density at radius 1 is 0.966 bits per heavy atom. The summed E-state index contributed by atoms with van der Waals surface area (Å²) >= 11 is 0. The summed E-state index contributed by atoms with van der Waals surface area (Å²) < 4.78 is 27.9. The fraction of sp³-hybridized carbons (Fsp3) is 0.435. The molecule has 6 heteroatoms. The van der Waals surface area contributed by atoms with Crippen molar-refractivity contribution < 1.29 is 13.2 Å². The molecule has 1 fully saturated rings. The monoisotopic (exact) mass is 414 g/mol. The molecule has 3 rings (SSSR count). The Balaban J connectivity index is 1.53. The maximum Gasteiger partial charge on any atom is 0.240 e. The van der Waals surface area contributed by atoms with Crippen LogP contribution in [0.1, 0.15) is 55.2 Å². The van der Waals surface area contributed by atoms with E-state index >= 15 is 0 Å². The van der Waals surface area contributed by atoms with Gasteiger partial charge in [0, 0.05) is 18.2 Å². The van der Waals surface area contributed by atoms with Crippen LogP contribution in [0.15, 0.2) is 47.4 Å². The van der Waals surface area contributed by atoms with E-state index in [0.717, 1.165) is 48.1 Å². The van der Waals surface area contributed by atoms with Crippen LogP contribution in [0.2, 0.25) is 0 Å². The van der Waals surface area contributed by atoms with Gasteiger partial charge < -0.3 is 5.32 Å². The van der Waals surface area contributed by atoms with Gasteiger partial charge in [-0.3, -0.25) is 4.79 Å². The first-order valence-electron chi connectivity index (χ1n) is 10.3. The molecule has 0 aromatic heterocycles. The summed E-state index contributed by atoms with van der Waals surface area (Å²) in [7, 11) is -3.49. The fourth-order valence-electron chi connectivity index (χ4n) is 3.87. The van der Waals surface area contributed by atoms with Crippen molar-refractivity contribution in [3.63, 3.8) is 0 Å². The Bertz CT molecular complexity index is 926. The highest BCUT2D eigenvalue weighted by atomic mass is 32.2. The van der Waals surface area contributed by atoms with Gasteiger partial charge in [-0.05, 0) is 74.1 Å². The van der Waals surface area contributed by atoms with Crippen LogP contribution in [0.5, 0.6) is 0 Å². The average molecular weight is 415 g/mol. The van der Waals surface area contributed by atoms with Gasteiger partial charge in [-0.15, -0.1) is 0 Å². The van der Waals surface area contributed by atoms with Crippen molar-refractivity contribution in [3.8, 4) is 0 Å². The SMILES string of the molecule is Cc1cc(C)cc(NC(=O)CCc2ccc(S(=O)(=O)NC3CCCCC3)cc2)c1. The van der Waals surface area contributed by atoms with Crippen molar-refractivity contribution in [2.75, 3.05) is 5.32 Å². The third-order valence-corrected chi connectivity index (χ3v) is 6.84. The predicted molar refractivity (Wildman–Crippen MR) is 117 cm³/mol. The zero-order valence-electron chi connectivity index (χ0n) is 17.2. The molecule has 1 amide bonds. The molecule has 2 aromatic carbocycles. The highest BCUT2D eigenvalue weighted by Crippen LogP contribution is 2.20. The van der Waals surface area contributed by atoms with Crippen molar-refractivity contribution in [2.45, 2.75) is 69.7 Å². The number of amides is 1. The normalized spacial score (nSPS) is 15.2. The Hall–Kier alpha value is -2.18. The van der Waals surface area contributed by atoms with E-state index in [0.29, 0.717) is 12.8 Å². The van der Waals surface area contributed by atoms with Crippen molar-refractivity contribution >= 4 is 21.6 Å². The predicted octanol–water partition coefficient (Wildman–Crippen LogP) is 4.49. The van der Waals surface area contributed by atoms with Crippen molar-refractivity contribution in [1.29, 1.82) is 0 Å². The number of sulfonamides is 1. The molecule has 1 aliphatic rings. The second-order valence-corrected chi connectivity index (χ2v) is 9.74. The number of nitrogens with one attached hydrogen (secondary N) is 2. The van der Waals surface area contributed by atoms with E-state index in [1.807, 2.05) is 26.0 Å². The van der Waals surface area contributed by atoms with E-state index in [4.69, 9.17) is 0 Å². The standard InChI is InChI=1S/C23H30N2O3S/c1-17-14-18(2)16-21(15-17)24-23(26)13-10-19-8-11-22(12-9-19)29(27,28)25-20-6-4-3-5-7-20/h8-9,11-12,14-16,20,25H,3-7,10,13H2,1-2H3,(H,24,26). The fourth-order valence-corrected chi connectivity index (χ4v) is 5.18. The maximum absolute atomic E-state index is 12.6. The summed E-state index contributed by atoms with van der Waals surface area (Å²) in [4.78, 5) is 12.5. The summed E-state index contributed by atoms with van der Waals surface area (Å²) in [6.07, 6.45) is 6.07. The third kappa shape index (κ3) is 6.41. The first kappa shape index (κ1) is 21.5. The van der Waals surface area contributed by atoms with E-state index in [9.17, 15) is 13.2 Å². The van der Waals surface area contributed by atoms with Gasteiger partial charge in [0.15, 0.2) is 0 Å². The first-order valence-corrected chi connectivity index (χ1v) is 11.8. The smallest absolute Gasteiger partial charge is 0.240 e. The van der Waals surface area contributed by atoms with Gasteiger partial charge in [-0.1, -0.05) is 37.5 Å². The Kier molecular flexibility index (Phi) is 7.09. The molecular weight excluding hydrogens is 384 g/mol. The summed E-state index contributed by atoms with van der Waals surface area (Å²) in [5.41, 5.74) is 3.97. The minimum atomic E-state index is -3.49. The minimum Gasteiger partial charge on any atom is -0.326 e.